The normalized spacial score (nSPS) is 32.5. The van der Waals surface area contributed by atoms with Gasteiger partial charge in [0.05, 0.1) is 35.2 Å². The predicted octanol–water partition coefficient (Wildman–Crippen LogP) is 4.84. The zero-order valence-electron chi connectivity index (χ0n) is 39.4. The van der Waals surface area contributed by atoms with Gasteiger partial charge in [-0.25, -0.2) is 4.98 Å². The first-order valence-corrected chi connectivity index (χ1v) is 22.8. The van der Waals surface area contributed by atoms with Crippen LogP contribution in [0.4, 0.5) is 11.4 Å². The second-order valence-corrected chi connectivity index (χ2v) is 19.0. The van der Waals surface area contributed by atoms with Gasteiger partial charge in [-0.15, -0.1) is 0 Å². The number of esters is 1. The first-order valence-electron chi connectivity index (χ1n) is 22.8. The minimum absolute atomic E-state index is 0.0452. The zero-order chi connectivity index (χ0) is 48.5. The molecule has 5 N–H and O–H groups in total. The van der Waals surface area contributed by atoms with Crippen molar-refractivity contribution in [2.75, 3.05) is 37.5 Å². The van der Waals surface area contributed by atoms with Gasteiger partial charge in [-0.1, -0.05) is 45.9 Å². The molecule has 67 heavy (non-hydrogen) atoms. The van der Waals surface area contributed by atoms with E-state index in [9.17, 15) is 39.6 Å². The SMILES string of the molecule is CO[C@H]1/C=C/O[C@@]2(C)Oc3c(C)c(O)c4c(=O)c(c5oc6cc(N7CC8CCC(C7)N8C)cc(=O)c6nc5c4c3=C2O)NC(=O)/C(C)=C\C=C\[C@H](C)[C@H](O)[C@@H](C)[C@@H](O)[C@@H](C)[C@H](OC(C)=O)[C@@H]1C. The molecule has 3 aromatic carbocycles. The molecule has 4 aliphatic heterocycles. The molecule has 0 radical (unpaired) electrons. The van der Waals surface area contributed by atoms with Crippen molar-refractivity contribution in [1.82, 2.24) is 9.88 Å². The maximum atomic E-state index is 14.9. The summed E-state index contributed by atoms with van der Waals surface area (Å²) in [5.74, 6) is -6.90. The lowest BCUT2D eigenvalue weighted by atomic mass is 9.78. The van der Waals surface area contributed by atoms with E-state index in [0.29, 0.717) is 30.9 Å². The molecule has 2 unspecified atom stereocenters. The highest BCUT2D eigenvalue weighted by molar-refractivity contribution is 6.16. The molecule has 1 amide bonds. The van der Waals surface area contributed by atoms with E-state index in [1.165, 1.54) is 59.3 Å². The number of piperazine rings is 1. The summed E-state index contributed by atoms with van der Waals surface area (Å²) in [5, 5.41) is 49.3. The highest BCUT2D eigenvalue weighted by Crippen LogP contribution is 2.43. The summed E-state index contributed by atoms with van der Waals surface area (Å²) in [7, 11) is 3.56. The number of aromatic hydroxyl groups is 1. The Morgan fingerprint density at radius 1 is 0.940 bits per heavy atom. The number of rotatable bonds is 3. The van der Waals surface area contributed by atoms with Crippen molar-refractivity contribution in [3.05, 3.63) is 79.5 Å². The molecular weight excluding hydrogens is 865 g/mol. The molecule has 6 bridgehead atoms. The number of aliphatic hydroxyl groups excluding tert-OH is 3. The minimum Gasteiger partial charge on any atom is -0.507 e. The molecule has 0 aliphatic carbocycles. The Labute approximate surface area is 386 Å². The number of phenols is 1. The molecule has 4 aliphatic rings. The Hall–Kier alpha value is -6.01. The van der Waals surface area contributed by atoms with Crippen LogP contribution >= 0.6 is 0 Å². The zero-order valence-corrected chi connectivity index (χ0v) is 39.4. The lowest BCUT2D eigenvalue weighted by Crippen LogP contribution is -2.52. The van der Waals surface area contributed by atoms with E-state index in [4.69, 9.17) is 28.3 Å². The van der Waals surface area contributed by atoms with E-state index >= 15 is 0 Å². The summed E-state index contributed by atoms with van der Waals surface area (Å²) < 4.78 is 30.6. The number of phenolic OH excluding ortho intramolecular Hbond substituents is 1. The molecule has 2 fully saturated rings. The molecule has 2 saturated heterocycles. The van der Waals surface area contributed by atoms with E-state index in [0.717, 1.165) is 12.8 Å². The number of hydrogen-bond donors (Lipinski definition) is 5. The Morgan fingerprint density at radius 3 is 2.28 bits per heavy atom. The number of nitrogens with zero attached hydrogens (tertiary/aromatic N) is 3. The average Bonchev–Trinajstić information content (AvgIpc) is 3.65. The third-order valence-corrected chi connectivity index (χ3v) is 14.6. The monoisotopic (exact) mass is 924 g/mol. The predicted molar refractivity (Wildman–Crippen MR) is 252 cm³/mol. The second-order valence-electron chi connectivity index (χ2n) is 19.0. The van der Waals surface area contributed by atoms with Crippen LogP contribution in [0.5, 0.6) is 11.5 Å². The highest BCUT2D eigenvalue weighted by atomic mass is 16.7. The van der Waals surface area contributed by atoms with Gasteiger partial charge >= 0.3 is 11.8 Å². The second kappa shape index (κ2) is 17.9. The Balaban J connectivity index is 1.35. The number of benzene rings is 3. The number of hydrogen-bond acceptors (Lipinski definition) is 16. The lowest BCUT2D eigenvalue weighted by molar-refractivity contribution is -0.160. The van der Waals surface area contributed by atoms with Crippen molar-refractivity contribution in [2.45, 2.75) is 111 Å². The summed E-state index contributed by atoms with van der Waals surface area (Å²) in [4.78, 5) is 64.8. The number of nitrogens with one attached hydrogen (secondary N) is 1. The van der Waals surface area contributed by atoms with E-state index in [1.54, 1.807) is 45.9 Å². The van der Waals surface area contributed by atoms with Crippen molar-refractivity contribution < 1.29 is 53.4 Å². The van der Waals surface area contributed by atoms with Crippen LogP contribution in [0.1, 0.15) is 66.9 Å². The van der Waals surface area contributed by atoms with Crippen LogP contribution in [0, 0.1) is 30.6 Å². The number of aromatic nitrogens is 1. The summed E-state index contributed by atoms with van der Waals surface area (Å²) in [6, 6.07) is 3.83. The summed E-state index contributed by atoms with van der Waals surface area (Å²) in [5.41, 5.74) is -1.27. The van der Waals surface area contributed by atoms with Crippen LogP contribution in [0.3, 0.4) is 0 Å². The fourth-order valence-electron chi connectivity index (χ4n) is 10.4. The van der Waals surface area contributed by atoms with Crippen molar-refractivity contribution >= 4 is 62.0 Å². The van der Waals surface area contributed by atoms with Crippen LogP contribution in [-0.2, 0) is 23.8 Å². The maximum absolute atomic E-state index is 14.9. The molecule has 8 rings (SSSR count). The number of carbonyl (C=O) groups excluding carboxylic acids is 2. The first-order chi connectivity index (χ1) is 31.7. The number of carbonyl (C=O) groups is 2. The molecule has 0 spiro atoms. The fraction of sp³-hybridized carbons (Fsp3) is 0.500. The molecule has 358 valence electrons. The Kier molecular flexibility index (Phi) is 12.7. The van der Waals surface area contributed by atoms with E-state index in [2.05, 4.69) is 22.2 Å². The molecule has 1 aromatic heterocycles. The largest absolute Gasteiger partial charge is 0.507 e. The smallest absolute Gasteiger partial charge is 0.307 e. The summed E-state index contributed by atoms with van der Waals surface area (Å²) in [6.07, 6.45) is 5.66. The van der Waals surface area contributed by atoms with Gasteiger partial charge in [0.1, 0.15) is 28.8 Å². The number of methoxy groups -OCH3 is 1. The van der Waals surface area contributed by atoms with Crippen LogP contribution < -0.4 is 31.0 Å². The van der Waals surface area contributed by atoms with E-state index < -0.39 is 88.1 Å². The van der Waals surface area contributed by atoms with Crippen LogP contribution in [0.25, 0.3) is 38.7 Å². The Morgan fingerprint density at radius 2 is 1.63 bits per heavy atom. The van der Waals surface area contributed by atoms with Crippen molar-refractivity contribution in [3.63, 3.8) is 0 Å². The first kappa shape index (κ1) is 47.5. The van der Waals surface area contributed by atoms with Crippen molar-refractivity contribution in [2.24, 2.45) is 23.7 Å². The number of amides is 1. The molecule has 0 saturated carbocycles. The van der Waals surface area contributed by atoms with Crippen molar-refractivity contribution in [3.8, 4) is 11.5 Å². The number of anilines is 2. The van der Waals surface area contributed by atoms with Crippen LogP contribution in [-0.4, -0.2) is 112 Å². The number of allylic oxidation sites excluding steroid dienone is 2. The third kappa shape index (κ3) is 8.19. The average molecular weight is 925 g/mol. The highest BCUT2D eigenvalue weighted by Gasteiger charge is 2.45. The van der Waals surface area contributed by atoms with Crippen molar-refractivity contribution in [1.29, 1.82) is 0 Å². The van der Waals surface area contributed by atoms with Crippen LogP contribution in [0.15, 0.2) is 62.3 Å². The summed E-state index contributed by atoms with van der Waals surface area (Å²) >= 11 is 0. The van der Waals surface area contributed by atoms with E-state index in [1.807, 2.05) is 0 Å². The number of ether oxygens (including phenoxy) is 4. The van der Waals surface area contributed by atoms with Gasteiger partial charge in [0.25, 0.3) is 5.91 Å². The summed E-state index contributed by atoms with van der Waals surface area (Å²) in [6.45, 7) is 14.0. The van der Waals surface area contributed by atoms with Crippen LogP contribution in [0.2, 0.25) is 0 Å². The van der Waals surface area contributed by atoms with Gasteiger partial charge in [-0.2, -0.15) is 0 Å². The molecule has 17 heteroatoms. The standard InChI is InChI=1S/C50H60N4O13/c1-22-12-11-13-23(2)49(62)52-40-44(60)36-35(39-47(40)66-34-19-31(18-32(56)38(34)51-39)54-20-29-14-15-30(21-54)53(29)9)37-46(27(6)43(36)59)67-50(8,48(37)61)64-17-16-33(63-10)24(3)45(65-28(7)55)26(5)42(58)25(4)41(22)57/h11-13,16-19,22,24-26,29-30,33,41-42,45,57-59,61H,14-15,20-21H2,1-10H3,(H,52,62)/b12-11+,17-16+,23-13-/t22-,24+,25+,26+,29?,30?,33-,41-,42+,45+,50-/m0/s1. The third-order valence-electron chi connectivity index (χ3n) is 14.6. The van der Waals surface area contributed by atoms with Gasteiger partial charge in [0, 0.05) is 104 Å². The lowest BCUT2D eigenvalue weighted by Gasteiger charge is -2.40. The molecule has 11 atom stereocenters. The van der Waals surface area contributed by atoms with E-state index in [-0.39, 0.29) is 60.8 Å². The number of aliphatic hydroxyl groups is 3. The number of fused-ring (bicyclic) bond motifs is 4. The fourth-order valence-corrected chi connectivity index (χ4v) is 10.4. The topological polar surface area (TPSA) is 231 Å². The van der Waals surface area contributed by atoms with Gasteiger partial charge in [0.2, 0.25) is 10.9 Å². The van der Waals surface area contributed by atoms with Gasteiger partial charge in [0.15, 0.2) is 22.4 Å². The minimum atomic E-state index is -1.98. The van der Waals surface area contributed by atoms with Gasteiger partial charge < -0.3 is 54.0 Å². The molecule has 5 heterocycles. The molecule has 17 nitrogen and oxygen atoms in total. The maximum Gasteiger partial charge on any atom is 0.307 e. The Bertz CT molecular complexity index is 2930. The van der Waals surface area contributed by atoms with Gasteiger partial charge in [-0.05, 0) is 39.8 Å². The molecule has 4 aromatic rings. The van der Waals surface area contributed by atoms with Gasteiger partial charge in [-0.3, -0.25) is 24.1 Å². The molecular formula is C50H60N4O13. The number of likely N-dealkylation sites (N-methyl/N-ethyl adjacent to an activating group) is 1. The quantitative estimate of drug-likeness (QED) is 0.105.